The number of nitro groups is 1. The van der Waals surface area contributed by atoms with Gasteiger partial charge in [0, 0.05) is 39.1 Å². The molecule has 27 heavy (non-hydrogen) atoms. The summed E-state index contributed by atoms with van der Waals surface area (Å²) in [6, 6.07) is 5.53. The predicted octanol–water partition coefficient (Wildman–Crippen LogP) is 4.63. The molecule has 1 aromatic carbocycles. The maximum atomic E-state index is 11.8. The molecule has 2 N–H and O–H groups in total. The van der Waals surface area contributed by atoms with Crippen molar-refractivity contribution in [2.45, 2.75) is 45.1 Å². The number of halogens is 1. The molecule has 2 heterocycles. The molecule has 1 saturated heterocycles. The van der Waals surface area contributed by atoms with Gasteiger partial charge in [0.05, 0.1) is 5.41 Å². The Morgan fingerprint density at radius 2 is 2.19 bits per heavy atom. The van der Waals surface area contributed by atoms with Gasteiger partial charge >= 0.3 is 6.09 Å². The first-order valence-electron chi connectivity index (χ1n) is 8.92. The van der Waals surface area contributed by atoms with Gasteiger partial charge in [0.1, 0.15) is 0 Å². The van der Waals surface area contributed by atoms with Gasteiger partial charge in [0.2, 0.25) is 6.54 Å². The largest absolute Gasteiger partial charge is 0.465 e. The molecule has 0 bridgehead atoms. The van der Waals surface area contributed by atoms with Crippen molar-refractivity contribution in [3.05, 3.63) is 44.5 Å². The van der Waals surface area contributed by atoms with Crippen molar-refractivity contribution < 1.29 is 14.8 Å². The van der Waals surface area contributed by atoms with Crippen LogP contribution in [-0.2, 0) is 5.41 Å². The van der Waals surface area contributed by atoms with E-state index in [2.05, 4.69) is 20.9 Å². The van der Waals surface area contributed by atoms with Gasteiger partial charge in [-0.2, -0.15) is 0 Å². The van der Waals surface area contributed by atoms with E-state index in [0.717, 1.165) is 20.9 Å². The highest BCUT2D eigenvalue weighted by Crippen LogP contribution is 2.45. The number of nitrogens with one attached hydrogen (secondary N) is 1. The molecular formula is C19H24BrN3O4. The minimum absolute atomic E-state index is 0.212. The number of H-pyrrole nitrogens is 1. The molecule has 1 amide bonds. The average Bonchev–Trinajstić information content (AvgIpc) is 2.96. The number of amides is 1. The molecule has 146 valence electrons. The van der Waals surface area contributed by atoms with Crippen LogP contribution in [0.25, 0.3) is 10.9 Å². The summed E-state index contributed by atoms with van der Waals surface area (Å²) in [5, 5.41) is 22.2. The Morgan fingerprint density at radius 3 is 2.78 bits per heavy atom. The number of aromatic amines is 1. The Kier molecular flexibility index (Phi) is 4.96. The quantitative estimate of drug-likeness (QED) is 0.539. The lowest BCUT2D eigenvalue weighted by molar-refractivity contribution is -0.492. The van der Waals surface area contributed by atoms with E-state index in [4.69, 9.17) is 0 Å². The number of hydrogen-bond donors (Lipinski definition) is 2. The standard InChI is InChI=1S/C19H24BrN3O4/c1-18(2,3)16-9-19(11-23(26)27,6-7-22(16)17(24)25)14-10-21-15-8-12(20)4-5-13(14)15/h4-5,8,10,16,21H,6-7,9,11H2,1-3H3,(H,24,25). The Hall–Kier alpha value is -2.09. The van der Waals surface area contributed by atoms with Crippen LogP contribution in [0.4, 0.5) is 4.79 Å². The molecule has 7 nitrogen and oxygen atoms in total. The lowest BCUT2D eigenvalue weighted by Crippen LogP contribution is -2.57. The van der Waals surface area contributed by atoms with E-state index in [1.807, 2.05) is 45.2 Å². The van der Waals surface area contributed by atoms with Crippen molar-refractivity contribution in [2.24, 2.45) is 5.41 Å². The molecular weight excluding hydrogens is 414 g/mol. The fraction of sp³-hybridized carbons (Fsp3) is 0.526. The Bertz CT molecular complexity index is 889. The van der Waals surface area contributed by atoms with E-state index < -0.39 is 11.5 Å². The normalized spacial score (nSPS) is 23.6. The summed E-state index contributed by atoms with van der Waals surface area (Å²) in [6.07, 6.45) is 1.74. The Labute approximate surface area is 166 Å². The predicted molar refractivity (Wildman–Crippen MR) is 107 cm³/mol. The molecule has 1 aromatic heterocycles. The molecule has 8 heteroatoms. The number of carbonyl (C=O) groups is 1. The van der Waals surface area contributed by atoms with Crippen molar-refractivity contribution in [1.29, 1.82) is 0 Å². The first kappa shape index (κ1) is 19.7. The monoisotopic (exact) mass is 437 g/mol. The molecule has 1 fully saturated rings. The maximum absolute atomic E-state index is 11.8. The molecule has 1 aliphatic rings. The molecule has 0 spiro atoms. The zero-order valence-corrected chi connectivity index (χ0v) is 17.2. The van der Waals surface area contributed by atoms with Crippen LogP contribution < -0.4 is 0 Å². The van der Waals surface area contributed by atoms with E-state index in [-0.39, 0.29) is 29.5 Å². The highest BCUT2D eigenvalue weighted by Gasteiger charge is 2.50. The van der Waals surface area contributed by atoms with E-state index in [0.29, 0.717) is 12.8 Å². The van der Waals surface area contributed by atoms with Crippen molar-refractivity contribution in [2.75, 3.05) is 13.1 Å². The first-order chi connectivity index (χ1) is 12.5. The van der Waals surface area contributed by atoms with Gasteiger partial charge in [0.15, 0.2) is 0 Å². The summed E-state index contributed by atoms with van der Waals surface area (Å²) in [4.78, 5) is 27.8. The minimum Gasteiger partial charge on any atom is -0.465 e. The summed E-state index contributed by atoms with van der Waals surface area (Å²) in [7, 11) is 0. The van der Waals surface area contributed by atoms with Crippen LogP contribution in [0.3, 0.4) is 0 Å². The number of fused-ring (bicyclic) bond motifs is 1. The summed E-state index contributed by atoms with van der Waals surface area (Å²) < 4.78 is 0.931. The van der Waals surface area contributed by atoms with Gasteiger partial charge in [-0.05, 0) is 36.0 Å². The van der Waals surface area contributed by atoms with Gasteiger partial charge in [0.25, 0.3) is 0 Å². The Balaban J connectivity index is 2.12. The fourth-order valence-electron chi connectivity index (χ4n) is 4.33. The lowest BCUT2D eigenvalue weighted by Gasteiger charge is -2.48. The number of carboxylic acid groups (broad SMARTS) is 1. The summed E-state index contributed by atoms with van der Waals surface area (Å²) in [5.74, 6) is 0. The number of nitrogens with zero attached hydrogens (tertiary/aromatic N) is 2. The average molecular weight is 438 g/mol. The van der Waals surface area contributed by atoms with Crippen molar-refractivity contribution in [1.82, 2.24) is 9.88 Å². The van der Waals surface area contributed by atoms with Gasteiger partial charge in [-0.3, -0.25) is 10.1 Å². The van der Waals surface area contributed by atoms with E-state index in [1.54, 1.807) is 0 Å². The van der Waals surface area contributed by atoms with Crippen molar-refractivity contribution >= 4 is 32.9 Å². The van der Waals surface area contributed by atoms with Crippen molar-refractivity contribution in [3.63, 3.8) is 0 Å². The molecule has 3 rings (SSSR count). The molecule has 2 aromatic rings. The van der Waals surface area contributed by atoms with Gasteiger partial charge in [-0.25, -0.2) is 4.79 Å². The molecule has 1 aliphatic heterocycles. The third-order valence-corrected chi connectivity index (χ3v) is 6.18. The van der Waals surface area contributed by atoms with Gasteiger partial charge in [-0.15, -0.1) is 0 Å². The second-order valence-electron chi connectivity index (χ2n) is 8.48. The minimum atomic E-state index is -0.965. The molecule has 0 aliphatic carbocycles. The number of aromatic nitrogens is 1. The number of likely N-dealkylation sites (tertiary alicyclic amines) is 1. The van der Waals surface area contributed by atoms with Crippen molar-refractivity contribution in [3.8, 4) is 0 Å². The van der Waals surface area contributed by atoms with Crippen LogP contribution in [0.15, 0.2) is 28.9 Å². The smallest absolute Gasteiger partial charge is 0.407 e. The maximum Gasteiger partial charge on any atom is 0.407 e. The van der Waals surface area contributed by atoms with Crippen LogP contribution >= 0.6 is 15.9 Å². The van der Waals surface area contributed by atoms with Crippen LogP contribution in [0.5, 0.6) is 0 Å². The lowest BCUT2D eigenvalue weighted by atomic mass is 9.65. The third kappa shape index (κ3) is 3.67. The van der Waals surface area contributed by atoms with Gasteiger partial charge in [-0.1, -0.05) is 42.8 Å². The third-order valence-electron chi connectivity index (χ3n) is 5.68. The second kappa shape index (κ2) is 6.82. The summed E-state index contributed by atoms with van der Waals surface area (Å²) >= 11 is 3.45. The summed E-state index contributed by atoms with van der Waals surface area (Å²) in [6.45, 7) is 6.04. The Morgan fingerprint density at radius 1 is 1.48 bits per heavy atom. The second-order valence-corrected chi connectivity index (χ2v) is 9.39. The van der Waals surface area contributed by atoms with Crippen LogP contribution in [0.1, 0.15) is 39.2 Å². The number of rotatable bonds is 3. The molecule has 2 unspecified atom stereocenters. The number of benzene rings is 1. The highest BCUT2D eigenvalue weighted by molar-refractivity contribution is 9.10. The fourth-order valence-corrected chi connectivity index (χ4v) is 4.69. The zero-order valence-electron chi connectivity index (χ0n) is 15.7. The van der Waals surface area contributed by atoms with E-state index >= 15 is 0 Å². The van der Waals surface area contributed by atoms with E-state index in [9.17, 15) is 20.0 Å². The van der Waals surface area contributed by atoms with E-state index in [1.165, 1.54) is 4.90 Å². The zero-order chi connectivity index (χ0) is 20.0. The van der Waals surface area contributed by atoms with Crippen LogP contribution in [-0.4, -0.2) is 45.1 Å². The molecule has 0 radical (unpaired) electrons. The van der Waals surface area contributed by atoms with Gasteiger partial charge < -0.3 is 15.0 Å². The van der Waals surface area contributed by atoms with Crippen LogP contribution in [0.2, 0.25) is 0 Å². The number of hydrogen-bond acceptors (Lipinski definition) is 3. The topological polar surface area (TPSA) is 99.5 Å². The SMILES string of the molecule is CC(C)(C)C1CC(C[N+](=O)[O-])(c2c[nH]c3cc(Br)ccc23)CCN1C(=O)O. The summed E-state index contributed by atoms with van der Waals surface area (Å²) in [5.41, 5.74) is 0.783. The highest BCUT2D eigenvalue weighted by atomic mass is 79.9. The number of piperidine rings is 1. The molecule has 2 atom stereocenters. The first-order valence-corrected chi connectivity index (χ1v) is 9.71. The molecule has 0 saturated carbocycles. The van der Waals surface area contributed by atoms with Crippen LogP contribution in [0, 0.1) is 15.5 Å².